The van der Waals surface area contributed by atoms with Gasteiger partial charge in [-0.05, 0) is 18.1 Å². The first-order valence-corrected chi connectivity index (χ1v) is 4.78. The molecule has 0 radical (unpaired) electrons. The zero-order valence-electron chi connectivity index (χ0n) is 9.10. The van der Waals surface area contributed by atoms with Gasteiger partial charge in [-0.2, -0.15) is 5.26 Å². The summed E-state index contributed by atoms with van der Waals surface area (Å²) >= 11 is 0. The predicted octanol–water partition coefficient (Wildman–Crippen LogP) is 1.90. The summed E-state index contributed by atoms with van der Waals surface area (Å²) in [7, 11) is 1.61. The number of amides is 1. The molecule has 1 aromatic heterocycles. The molecule has 1 heterocycles. The highest BCUT2D eigenvalue weighted by atomic mass is 16.3. The zero-order valence-corrected chi connectivity index (χ0v) is 9.10. The topological polar surface area (TPSA) is 57.2 Å². The number of hydrogen-bond acceptors (Lipinski definition) is 3. The maximum Gasteiger partial charge on any atom is 0.290 e. The van der Waals surface area contributed by atoms with Gasteiger partial charge in [0.2, 0.25) is 0 Å². The van der Waals surface area contributed by atoms with E-state index in [-0.39, 0.29) is 17.6 Å². The van der Waals surface area contributed by atoms with E-state index in [2.05, 4.69) is 6.07 Å². The molecule has 4 nitrogen and oxygen atoms in total. The highest BCUT2D eigenvalue weighted by molar-refractivity contribution is 5.91. The molecule has 0 N–H and O–H groups in total. The second-order valence-electron chi connectivity index (χ2n) is 3.71. The molecule has 1 atom stereocenters. The minimum absolute atomic E-state index is 0.0962. The molecule has 0 aliphatic carbocycles. The van der Waals surface area contributed by atoms with E-state index < -0.39 is 6.04 Å². The Morgan fingerprint density at radius 1 is 1.60 bits per heavy atom. The Balaban J connectivity index is 2.81. The number of rotatable bonds is 3. The third kappa shape index (κ3) is 2.38. The van der Waals surface area contributed by atoms with E-state index >= 15 is 0 Å². The van der Waals surface area contributed by atoms with Crippen LogP contribution in [0.1, 0.15) is 24.4 Å². The molecular weight excluding hydrogens is 192 g/mol. The van der Waals surface area contributed by atoms with Gasteiger partial charge in [-0.25, -0.2) is 0 Å². The second kappa shape index (κ2) is 4.65. The molecule has 1 unspecified atom stereocenters. The highest BCUT2D eigenvalue weighted by Gasteiger charge is 2.24. The van der Waals surface area contributed by atoms with Crippen LogP contribution in [0.5, 0.6) is 0 Å². The van der Waals surface area contributed by atoms with Gasteiger partial charge in [0.05, 0.1) is 12.3 Å². The molecule has 1 aromatic rings. The maximum absolute atomic E-state index is 11.8. The summed E-state index contributed by atoms with van der Waals surface area (Å²) in [5, 5.41) is 8.94. The van der Waals surface area contributed by atoms with Crippen molar-refractivity contribution in [3.63, 3.8) is 0 Å². The summed E-state index contributed by atoms with van der Waals surface area (Å²) < 4.78 is 4.99. The van der Waals surface area contributed by atoms with Crippen LogP contribution in [0, 0.1) is 17.2 Å². The Morgan fingerprint density at radius 2 is 2.27 bits per heavy atom. The van der Waals surface area contributed by atoms with Crippen LogP contribution in [0.3, 0.4) is 0 Å². The van der Waals surface area contributed by atoms with Gasteiger partial charge in [0.25, 0.3) is 5.91 Å². The minimum atomic E-state index is -0.428. The van der Waals surface area contributed by atoms with E-state index in [4.69, 9.17) is 9.68 Å². The molecule has 0 saturated carbocycles. The van der Waals surface area contributed by atoms with Gasteiger partial charge in [0.15, 0.2) is 5.76 Å². The van der Waals surface area contributed by atoms with E-state index in [9.17, 15) is 4.79 Å². The number of furan rings is 1. The summed E-state index contributed by atoms with van der Waals surface area (Å²) in [6, 6.07) is 4.92. The van der Waals surface area contributed by atoms with Crippen LogP contribution in [0.4, 0.5) is 0 Å². The second-order valence-corrected chi connectivity index (χ2v) is 3.71. The molecule has 15 heavy (non-hydrogen) atoms. The van der Waals surface area contributed by atoms with Crippen molar-refractivity contribution in [2.24, 2.45) is 5.92 Å². The van der Waals surface area contributed by atoms with Gasteiger partial charge in [-0.1, -0.05) is 13.8 Å². The molecule has 4 heteroatoms. The fourth-order valence-corrected chi connectivity index (χ4v) is 1.38. The molecule has 0 fully saturated rings. The molecule has 0 aliphatic rings. The van der Waals surface area contributed by atoms with Crippen molar-refractivity contribution in [3.05, 3.63) is 24.2 Å². The lowest BCUT2D eigenvalue weighted by molar-refractivity contribution is 0.0704. The number of nitrogens with zero attached hydrogens (tertiary/aromatic N) is 2. The van der Waals surface area contributed by atoms with E-state index in [1.807, 2.05) is 13.8 Å². The van der Waals surface area contributed by atoms with Crippen LogP contribution >= 0.6 is 0 Å². The van der Waals surface area contributed by atoms with Crippen molar-refractivity contribution >= 4 is 5.91 Å². The van der Waals surface area contributed by atoms with Crippen LogP contribution in [-0.2, 0) is 0 Å². The summed E-state index contributed by atoms with van der Waals surface area (Å²) in [6.45, 7) is 3.81. The Bertz CT molecular complexity index is 362. The molecule has 1 rings (SSSR count). The van der Waals surface area contributed by atoms with E-state index in [1.165, 1.54) is 11.2 Å². The summed E-state index contributed by atoms with van der Waals surface area (Å²) in [5.74, 6) is 0.0950. The Labute approximate surface area is 89.1 Å². The normalized spacial score (nSPS) is 12.2. The van der Waals surface area contributed by atoms with Gasteiger partial charge in [-0.15, -0.1) is 0 Å². The molecule has 0 spiro atoms. The van der Waals surface area contributed by atoms with Crippen LogP contribution in [0.2, 0.25) is 0 Å². The van der Waals surface area contributed by atoms with Gasteiger partial charge in [-0.3, -0.25) is 4.79 Å². The average molecular weight is 206 g/mol. The van der Waals surface area contributed by atoms with Crippen LogP contribution in [-0.4, -0.2) is 23.9 Å². The fourth-order valence-electron chi connectivity index (χ4n) is 1.38. The van der Waals surface area contributed by atoms with E-state index in [0.29, 0.717) is 0 Å². The smallest absolute Gasteiger partial charge is 0.290 e. The maximum atomic E-state index is 11.8. The zero-order chi connectivity index (χ0) is 11.4. The lowest BCUT2D eigenvalue weighted by Gasteiger charge is -2.24. The van der Waals surface area contributed by atoms with Gasteiger partial charge in [0.1, 0.15) is 6.04 Å². The molecule has 0 aliphatic heterocycles. The Hall–Kier alpha value is -1.76. The Kier molecular flexibility index (Phi) is 3.51. The first kappa shape index (κ1) is 11.3. The van der Waals surface area contributed by atoms with Crippen LogP contribution in [0.15, 0.2) is 22.8 Å². The van der Waals surface area contributed by atoms with Crippen molar-refractivity contribution in [2.45, 2.75) is 19.9 Å². The number of nitriles is 1. The molecular formula is C11H14N2O2. The third-order valence-electron chi connectivity index (χ3n) is 2.23. The standard InChI is InChI=1S/C11H14N2O2/c1-8(2)9(7-12)13(3)11(14)10-5-4-6-15-10/h4-6,8-9H,1-3H3. The SMILES string of the molecule is CC(C)C(C#N)N(C)C(=O)c1ccco1. The molecule has 0 aromatic carbocycles. The highest BCUT2D eigenvalue weighted by Crippen LogP contribution is 2.12. The van der Waals surface area contributed by atoms with E-state index in [1.54, 1.807) is 19.2 Å². The Morgan fingerprint density at radius 3 is 2.67 bits per heavy atom. The summed E-state index contributed by atoms with van der Waals surface area (Å²) in [4.78, 5) is 13.2. The monoisotopic (exact) mass is 206 g/mol. The predicted molar refractivity (Wildman–Crippen MR) is 55.0 cm³/mol. The van der Waals surface area contributed by atoms with Crippen LogP contribution < -0.4 is 0 Å². The number of carbonyl (C=O) groups is 1. The summed E-state index contributed by atoms with van der Waals surface area (Å²) in [6.07, 6.45) is 1.44. The largest absolute Gasteiger partial charge is 0.459 e. The van der Waals surface area contributed by atoms with Crippen molar-refractivity contribution in [3.8, 4) is 6.07 Å². The van der Waals surface area contributed by atoms with Crippen molar-refractivity contribution < 1.29 is 9.21 Å². The molecule has 0 saturated heterocycles. The molecule has 0 bridgehead atoms. The number of carbonyl (C=O) groups excluding carboxylic acids is 1. The van der Waals surface area contributed by atoms with Gasteiger partial charge < -0.3 is 9.32 Å². The van der Waals surface area contributed by atoms with Gasteiger partial charge >= 0.3 is 0 Å². The third-order valence-corrected chi connectivity index (χ3v) is 2.23. The lowest BCUT2D eigenvalue weighted by atomic mass is 10.0. The van der Waals surface area contributed by atoms with Crippen molar-refractivity contribution in [2.75, 3.05) is 7.05 Å². The molecule has 1 amide bonds. The van der Waals surface area contributed by atoms with E-state index in [0.717, 1.165) is 0 Å². The number of hydrogen-bond donors (Lipinski definition) is 0. The van der Waals surface area contributed by atoms with Crippen molar-refractivity contribution in [1.82, 2.24) is 4.90 Å². The van der Waals surface area contributed by atoms with Crippen LogP contribution in [0.25, 0.3) is 0 Å². The minimum Gasteiger partial charge on any atom is -0.459 e. The summed E-state index contributed by atoms with van der Waals surface area (Å²) in [5.41, 5.74) is 0. The average Bonchev–Trinajstić information content (AvgIpc) is 2.69. The molecule has 80 valence electrons. The first-order valence-electron chi connectivity index (χ1n) is 4.78. The lowest BCUT2D eigenvalue weighted by Crippen LogP contribution is -2.39. The van der Waals surface area contributed by atoms with Gasteiger partial charge in [0, 0.05) is 7.05 Å². The quantitative estimate of drug-likeness (QED) is 0.758. The fraction of sp³-hybridized carbons (Fsp3) is 0.455. The van der Waals surface area contributed by atoms with Crippen molar-refractivity contribution in [1.29, 1.82) is 5.26 Å². The first-order chi connectivity index (χ1) is 7.07.